The van der Waals surface area contributed by atoms with Crippen LogP contribution in [0.15, 0.2) is 24.4 Å². The Morgan fingerprint density at radius 1 is 1.47 bits per heavy atom. The molecular formula is C14H15FN2O2. The van der Waals surface area contributed by atoms with Gasteiger partial charge < -0.3 is 4.74 Å². The Morgan fingerprint density at radius 2 is 2.26 bits per heavy atom. The number of hydrogen-bond donors (Lipinski definition) is 0. The van der Waals surface area contributed by atoms with Crippen LogP contribution in [0.2, 0.25) is 0 Å². The fourth-order valence-corrected chi connectivity index (χ4v) is 1.90. The molecule has 0 aliphatic carbocycles. The van der Waals surface area contributed by atoms with E-state index in [1.54, 1.807) is 23.0 Å². The molecule has 0 saturated carbocycles. The molecule has 5 heteroatoms. The van der Waals surface area contributed by atoms with Gasteiger partial charge in [0, 0.05) is 18.3 Å². The number of ether oxygens (including phenoxy) is 1. The van der Waals surface area contributed by atoms with Gasteiger partial charge in [0.25, 0.3) is 0 Å². The van der Waals surface area contributed by atoms with Crippen LogP contribution in [0.25, 0.3) is 11.3 Å². The number of nitrogens with zero attached hydrogens (tertiary/aromatic N) is 2. The smallest absolute Gasteiger partial charge is 0.165 e. The Kier molecular flexibility index (Phi) is 3.94. The van der Waals surface area contributed by atoms with E-state index in [0.717, 1.165) is 19.3 Å². The molecule has 4 nitrogen and oxygen atoms in total. The average molecular weight is 262 g/mol. The van der Waals surface area contributed by atoms with Gasteiger partial charge in [-0.25, -0.2) is 4.39 Å². The summed E-state index contributed by atoms with van der Waals surface area (Å²) in [7, 11) is 1.40. The van der Waals surface area contributed by atoms with Gasteiger partial charge in [0.1, 0.15) is 5.69 Å². The van der Waals surface area contributed by atoms with Crippen LogP contribution in [0.5, 0.6) is 5.75 Å². The van der Waals surface area contributed by atoms with Gasteiger partial charge in [0.05, 0.1) is 12.7 Å². The number of halogens is 1. The Hall–Kier alpha value is -2.17. The van der Waals surface area contributed by atoms with Crippen LogP contribution in [0, 0.1) is 5.82 Å². The van der Waals surface area contributed by atoms with Crippen molar-refractivity contribution in [2.75, 3.05) is 7.11 Å². The molecule has 0 aliphatic heterocycles. The maximum Gasteiger partial charge on any atom is 0.165 e. The van der Waals surface area contributed by atoms with Crippen LogP contribution >= 0.6 is 0 Å². The van der Waals surface area contributed by atoms with E-state index < -0.39 is 5.82 Å². The number of aryl methyl sites for hydroxylation is 1. The van der Waals surface area contributed by atoms with Crippen molar-refractivity contribution in [2.45, 2.75) is 19.9 Å². The Morgan fingerprint density at radius 3 is 2.89 bits per heavy atom. The first kappa shape index (κ1) is 13.3. The number of hydrogen-bond acceptors (Lipinski definition) is 3. The Balaban J connectivity index is 2.48. The summed E-state index contributed by atoms with van der Waals surface area (Å²) in [4.78, 5) is 11.1. The number of carbonyl (C=O) groups is 1. The predicted octanol–water partition coefficient (Wildman–Crippen LogP) is 2.92. The molecule has 0 unspecified atom stereocenters. The topological polar surface area (TPSA) is 44.1 Å². The second-order valence-electron chi connectivity index (χ2n) is 4.16. The molecular weight excluding hydrogens is 247 g/mol. The average Bonchev–Trinajstić information content (AvgIpc) is 2.83. The van der Waals surface area contributed by atoms with Crippen LogP contribution < -0.4 is 4.74 Å². The second-order valence-corrected chi connectivity index (χ2v) is 4.16. The molecule has 1 aromatic carbocycles. The lowest BCUT2D eigenvalue weighted by atomic mass is 10.1. The molecule has 19 heavy (non-hydrogen) atoms. The molecule has 2 aromatic rings. The molecule has 0 saturated heterocycles. The molecule has 1 heterocycles. The third-order valence-corrected chi connectivity index (χ3v) is 2.79. The largest absolute Gasteiger partial charge is 0.494 e. The zero-order chi connectivity index (χ0) is 13.8. The quantitative estimate of drug-likeness (QED) is 0.778. The summed E-state index contributed by atoms with van der Waals surface area (Å²) in [6.07, 6.45) is 3.37. The summed E-state index contributed by atoms with van der Waals surface area (Å²) in [5, 5.41) is 4.35. The molecule has 0 amide bonds. The molecule has 2 rings (SSSR count). The standard InChI is InChI=1S/C14H15FN2O2/c1-3-6-17-8-11(9-18)14(16-17)10-4-5-12(15)13(7-10)19-2/h4-5,7-9H,3,6H2,1-2H3. The highest BCUT2D eigenvalue weighted by Gasteiger charge is 2.13. The van der Waals surface area contributed by atoms with E-state index >= 15 is 0 Å². The molecule has 1 aromatic heterocycles. The minimum absolute atomic E-state index is 0.138. The van der Waals surface area contributed by atoms with E-state index in [0.29, 0.717) is 16.8 Å². The minimum Gasteiger partial charge on any atom is -0.494 e. The molecule has 0 fully saturated rings. The molecule has 0 N–H and O–H groups in total. The highest BCUT2D eigenvalue weighted by molar-refractivity contribution is 5.85. The highest BCUT2D eigenvalue weighted by atomic mass is 19.1. The Labute approximate surface area is 110 Å². The van der Waals surface area contributed by atoms with Gasteiger partial charge in [-0.1, -0.05) is 6.92 Å². The number of aldehydes is 1. The Bertz CT molecular complexity index is 593. The molecule has 0 radical (unpaired) electrons. The SMILES string of the molecule is CCCn1cc(C=O)c(-c2ccc(F)c(OC)c2)n1. The lowest BCUT2D eigenvalue weighted by molar-refractivity contribution is 0.112. The van der Waals surface area contributed by atoms with Crippen molar-refractivity contribution in [1.82, 2.24) is 9.78 Å². The lowest BCUT2D eigenvalue weighted by Crippen LogP contribution is -1.97. The van der Waals surface area contributed by atoms with Crippen LogP contribution in [0.3, 0.4) is 0 Å². The molecule has 100 valence electrons. The third-order valence-electron chi connectivity index (χ3n) is 2.79. The second kappa shape index (κ2) is 5.65. The highest BCUT2D eigenvalue weighted by Crippen LogP contribution is 2.27. The summed E-state index contributed by atoms with van der Waals surface area (Å²) >= 11 is 0. The zero-order valence-electron chi connectivity index (χ0n) is 10.9. The van der Waals surface area contributed by atoms with Crippen LogP contribution in [-0.2, 0) is 6.54 Å². The maximum atomic E-state index is 13.4. The van der Waals surface area contributed by atoms with Crippen molar-refractivity contribution < 1.29 is 13.9 Å². The van der Waals surface area contributed by atoms with Gasteiger partial charge in [-0.2, -0.15) is 5.10 Å². The molecule has 0 spiro atoms. The number of methoxy groups -OCH3 is 1. The predicted molar refractivity (Wildman–Crippen MR) is 69.9 cm³/mol. The summed E-state index contributed by atoms with van der Waals surface area (Å²) < 4.78 is 20.0. The summed E-state index contributed by atoms with van der Waals surface area (Å²) in [6.45, 7) is 2.77. The van der Waals surface area contributed by atoms with E-state index in [4.69, 9.17) is 4.74 Å². The van der Waals surface area contributed by atoms with Crippen molar-refractivity contribution in [3.8, 4) is 17.0 Å². The number of benzene rings is 1. The first-order valence-corrected chi connectivity index (χ1v) is 6.06. The van der Waals surface area contributed by atoms with Gasteiger partial charge in [-0.15, -0.1) is 0 Å². The normalized spacial score (nSPS) is 10.5. The first-order valence-electron chi connectivity index (χ1n) is 6.06. The summed E-state index contributed by atoms with van der Waals surface area (Å²) in [5.74, 6) is -0.300. The van der Waals surface area contributed by atoms with Crippen LogP contribution in [0.4, 0.5) is 4.39 Å². The molecule has 0 aliphatic rings. The van der Waals surface area contributed by atoms with Gasteiger partial charge in [-0.3, -0.25) is 9.48 Å². The molecule has 0 bridgehead atoms. The van der Waals surface area contributed by atoms with Gasteiger partial charge in [0.15, 0.2) is 17.9 Å². The summed E-state index contributed by atoms with van der Waals surface area (Å²) in [5.41, 5.74) is 1.69. The number of carbonyl (C=O) groups excluding carboxylic acids is 1. The maximum absolute atomic E-state index is 13.4. The van der Waals surface area contributed by atoms with E-state index in [-0.39, 0.29) is 5.75 Å². The van der Waals surface area contributed by atoms with Crippen molar-refractivity contribution in [1.29, 1.82) is 0 Å². The first-order chi connectivity index (χ1) is 9.19. The fourth-order valence-electron chi connectivity index (χ4n) is 1.90. The number of rotatable bonds is 5. The minimum atomic E-state index is -0.438. The number of aromatic nitrogens is 2. The van der Waals surface area contributed by atoms with E-state index in [2.05, 4.69) is 5.10 Å². The third kappa shape index (κ3) is 2.65. The zero-order valence-corrected chi connectivity index (χ0v) is 10.9. The van der Waals surface area contributed by atoms with Crippen molar-refractivity contribution in [2.24, 2.45) is 0 Å². The van der Waals surface area contributed by atoms with Gasteiger partial charge >= 0.3 is 0 Å². The van der Waals surface area contributed by atoms with E-state index in [1.165, 1.54) is 13.2 Å². The van der Waals surface area contributed by atoms with E-state index in [9.17, 15) is 9.18 Å². The van der Waals surface area contributed by atoms with Gasteiger partial charge in [-0.05, 0) is 24.6 Å². The molecule has 0 atom stereocenters. The van der Waals surface area contributed by atoms with Crippen molar-refractivity contribution in [3.05, 3.63) is 35.8 Å². The monoisotopic (exact) mass is 262 g/mol. The lowest BCUT2D eigenvalue weighted by Gasteiger charge is -2.04. The van der Waals surface area contributed by atoms with Crippen LogP contribution in [-0.4, -0.2) is 23.2 Å². The van der Waals surface area contributed by atoms with Crippen LogP contribution in [0.1, 0.15) is 23.7 Å². The van der Waals surface area contributed by atoms with Gasteiger partial charge in [0.2, 0.25) is 0 Å². The summed E-state index contributed by atoms with van der Waals surface area (Å²) in [6, 6.07) is 4.44. The van der Waals surface area contributed by atoms with Crippen molar-refractivity contribution >= 4 is 6.29 Å². The van der Waals surface area contributed by atoms with Crippen molar-refractivity contribution in [3.63, 3.8) is 0 Å². The fraction of sp³-hybridized carbons (Fsp3) is 0.286. The van der Waals surface area contributed by atoms with E-state index in [1.807, 2.05) is 6.92 Å².